The van der Waals surface area contributed by atoms with Crippen LogP contribution in [0.3, 0.4) is 0 Å². The first-order valence-corrected chi connectivity index (χ1v) is 33.5. The van der Waals surface area contributed by atoms with E-state index >= 15 is 0 Å². The van der Waals surface area contributed by atoms with Gasteiger partial charge in [0.15, 0.2) is 0 Å². The standard InChI is InChI=1S/C41H32N4S.C24H27FGeN.Ir/c1-25-18-20-31(38-37(25)30-22-23-36(41(2,3)4)43-40(30)46-38)39-42-32-15-9-11-17-34(32)45(39)27-19-21-29-28-14-8-10-16-33(28)44(35(29)24-27)26-12-6-5-7-13-26;1-17(2)13-20-15-24(27-16-23(20)26(3,4)5)19-11-12-22(25)21(14-19)18-9-7-6-8-10-18;/h5-19,21-24,39H,1-4H3;6-10,12,14-17H,13H2,1-5H3;/q-2;-1;+3. The Hall–Kier alpha value is -6.42. The number of nitrogens with zero attached hydrogens (tertiary/aromatic N) is 5. The van der Waals surface area contributed by atoms with Crippen LogP contribution in [0.2, 0.25) is 17.3 Å². The molecule has 1 unspecified atom stereocenters. The smallest absolute Gasteiger partial charge is 0.661 e. The Kier molecular flexibility index (Phi) is 14.1. The molecule has 0 bridgehead atoms. The van der Waals surface area contributed by atoms with Crippen LogP contribution in [0.5, 0.6) is 0 Å². The van der Waals surface area contributed by atoms with E-state index in [4.69, 9.17) is 15.3 Å². The van der Waals surface area contributed by atoms with Crippen molar-refractivity contribution in [1.82, 2.24) is 14.5 Å². The van der Waals surface area contributed by atoms with Crippen LogP contribution in [0.25, 0.3) is 75.5 Å². The van der Waals surface area contributed by atoms with Crippen LogP contribution in [0.15, 0.2) is 170 Å². The average Bonchev–Trinajstić information content (AvgIpc) is 4.07. The first kappa shape index (κ1) is 51.1. The summed E-state index contributed by atoms with van der Waals surface area (Å²) in [6.07, 6.45) is 2.84. The zero-order valence-electron chi connectivity index (χ0n) is 43.4. The Morgan fingerprint density at radius 2 is 1.43 bits per heavy atom. The summed E-state index contributed by atoms with van der Waals surface area (Å²) < 4.78 is 19.4. The maximum absolute atomic E-state index is 14.4. The number of rotatable bonds is 8. The van der Waals surface area contributed by atoms with E-state index in [0.29, 0.717) is 11.5 Å². The van der Waals surface area contributed by atoms with Crippen molar-refractivity contribution in [3.05, 3.63) is 216 Å². The van der Waals surface area contributed by atoms with Crippen molar-refractivity contribution in [2.75, 3.05) is 4.90 Å². The molecule has 1 aliphatic rings. The van der Waals surface area contributed by atoms with Gasteiger partial charge < -0.3 is 14.8 Å². The largest absolute Gasteiger partial charge is 3.00 e. The molecule has 0 saturated heterocycles. The molecule has 4 aromatic heterocycles. The van der Waals surface area contributed by atoms with Gasteiger partial charge in [0.25, 0.3) is 0 Å². The van der Waals surface area contributed by atoms with Gasteiger partial charge in [0.05, 0.1) is 11.0 Å². The van der Waals surface area contributed by atoms with E-state index in [0.717, 1.165) is 62.1 Å². The number of benzene rings is 7. The quantitative estimate of drug-likeness (QED) is 0.113. The average molecular weight is 1230 g/mol. The number of fused-ring (bicyclic) bond motifs is 7. The summed E-state index contributed by atoms with van der Waals surface area (Å²) in [6, 6.07) is 63.2. The maximum Gasteiger partial charge on any atom is 3.00 e. The van der Waals surface area contributed by atoms with E-state index in [2.05, 4.69) is 208 Å². The van der Waals surface area contributed by atoms with Gasteiger partial charge in [-0.1, -0.05) is 99.1 Å². The molecule has 11 aromatic rings. The SMILES string of the molecule is CC(C)Cc1cc(-c2[c-]cc(F)c(-c3ccccc3)c2)nc[c]1[Ge]([CH3])([CH3])[CH3].Cc1c[c-]c(C2[N-]c3ccccc3N2c2ccc3c4ccccc4n(-c4ccccc4)c3c2)c2sc3nc(C(C)(C)C)ccc3c12.[Ir+3]. The van der Waals surface area contributed by atoms with E-state index in [1.54, 1.807) is 11.3 Å². The zero-order chi connectivity index (χ0) is 50.8. The summed E-state index contributed by atoms with van der Waals surface area (Å²) in [5, 5.41) is 10.3. The van der Waals surface area contributed by atoms with Crippen molar-refractivity contribution >= 4 is 88.2 Å². The summed E-state index contributed by atoms with van der Waals surface area (Å²) in [5.41, 5.74) is 14.7. The Labute approximate surface area is 455 Å². The first-order chi connectivity index (χ1) is 35.1. The van der Waals surface area contributed by atoms with E-state index in [1.807, 2.05) is 36.4 Å². The van der Waals surface area contributed by atoms with Crippen LogP contribution in [0.4, 0.5) is 21.5 Å². The minimum atomic E-state index is -2.00. The van der Waals surface area contributed by atoms with Gasteiger partial charge in [0.1, 0.15) is 4.83 Å². The molecule has 0 amide bonds. The number of aromatic nitrogens is 3. The summed E-state index contributed by atoms with van der Waals surface area (Å²) in [4.78, 5) is 13.4. The van der Waals surface area contributed by atoms with Gasteiger partial charge in [-0.25, -0.2) is 4.98 Å². The fourth-order valence-corrected chi connectivity index (χ4v) is 15.0. The minimum Gasteiger partial charge on any atom is -0.661 e. The van der Waals surface area contributed by atoms with Gasteiger partial charge in [0, 0.05) is 38.9 Å². The second-order valence-electron chi connectivity index (χ2n) is 21.8. The van der Waals surface area contributed by atoms with Crippen LogP contribution >= 0.6 is 11.3 Å². The molecule has 0 radical (unpaired) electrons. The van der Waals surface area contributed by atoms with Gasteiger partial charge in [-0.05, 0) is 54.0 Å². The molecule has 0 fully saturated rings. The normalized spacial score (nSPS) is 13.6. The molecular formula is C65H59FGeIrN5S. The van der Waals surface area contributed by atoms with Gasteiger partial charge in [-0.15, -0.1) is 22.2 Å². The van der Waals surface area contributed by atoms with Gasteiger partial charge in [-0.3, -0.25) is 0 Å². The summed E-state index contributed by atoms with van der Waals surface area (Å²) in [6.45, 7) is 13.3. The number of anilines is 2. The Morgan fingerprint density at radius 1 is 0.743 bits per heavy atom. The molecule has 12 rings (SSSR count). The Balaban J connectivity index is 0.000000192. The topological polar surface area (TPSA) is 48.1 Å². The first-order valence-electron chi connectivity index (χ1n) is 25.3. The number of para-hydroxylation sites is 4. The molecule has 1 atom stereocenters. The van der Waals surface area contributed by atoms with Crippen LogP contribution in [-0.4, -0.2) is 27.8 Å². The van der Waals surface area contributed by atoms with Gasteiger partial charge >= 0.3 is 185 Å². The predicted molar refractivity (Wildman–Crippen MR) is 310 cm³/mol. The van der Waals surface area contributed by atoms with E-state index < -0.39 is 13.3 Å². The number of hydrogen-bond acceptors (Lipinski definition) is 4. The van der Waals surface area contributed by atoms with Crippen molar-refractivity contribution in [2.45, 2.75) is 76.8 Å². The van der Waals surface area contributed by atoms with Crippen molar-refractivity contribution in [3.8, 4) is 28.1 Å². The van der Waals surface area contributed by atoms with Crippen LogP contribution in [0.1, 0.15) is 63.2 Å². The molecule has 0 N–H and O–H groups in total. The van der Waals surface area contributed by atoms with E-state index in [9.17, 15) is 4.39 Å². The van der Waals surface area contributed by atoms with Crippen molar-refractivity contribution < 1.29 is 24.5 Å². The van der Waals surface area contributed by atoms with Crippen LogP contribution < -0.4 is 9.30 Å². The second-order valence-corrected chi connectivity index (χ2v) is 33.4. The Morgan fingerprint density at radius 3 is 2.18 bits per heavy atom. The molecule has 370 valence electrons. The molecule has 5 nitrogen and oxygen atoms in total. The van der Waals surface area contributed by atoms with E-state index in [1.165, 1.54) is 58.9 Å². The van der Waals surface area contributed by atoms with Crippen LogP contribution in [-0.2, 0) is 31.9 Å². The molecule has 1 aliphatic heterocycles. The van der Waals surface area contributed by atoms with Crippen molar-refractivity contribution in [3.63, 3.8) is 0 Å². The summed E-state index contributed by atoms with van der Waals surface area (Å²) >= 11 is -0.236. The fourth-order valence-electron chi connectivity index (χ4n) is 10.4. The Bertz CT molecular complexity index is 3850. The van der Waals surface area contributed by atoms with Crippen molar-refractivity contribution in [2.24, 2.45) is 5.92 Å². The number of hydrogen-bond donors (Lipinski definition) is 0. The predicted octanol–water partition coefficient (Wildman–Crippen LogP) is 17.9. The monoisotopic (exact) mass is 1230 g/mol. The molecule has 5 heterocycles. The third kappa shape index (κ3) is 9.62. The van der Waals surface area contributed by atoms with E-state index in [-0.39, 0.29) is 37.5 Å². The fraction of sp³-hybridized carbons (Fsp3) is 0.200. The minimum absolute atomic E-state index is 0. The second kappa shape index (κ2) is 20.4. The maximum atomic E-state index is 14.4. The summed E-state index contributed by atoms with van der Waals surface area (Å²) in [7, 11) is 0. The van der Waals surface area contributed by atoms with Gasteiger partial charge in [0.2, 0.25) is 0 Å². The molecule has 0 spiro atoms. The van der Waals surface area contributed by atoms with Crippen LogP contribution in [0, 0.1) is 30.8 Å². The molecule has 0 aliphatic carbocycles. The third-order valence-electron chi connectivity index (χ3n) is 13.9. The molecule has 9 heteroatoms. The van der Waals surface area contributed by atoms with Gasteiger partial charge in [-0.2, -0.15) is 23.5 Å². The number of pyridine rings is 2. The van der Waals surface area contributed by atoms with Crippen molar-refractivity contribution in [1.29, 1.82) is 0 Å². The molecule has 7 aromatic carbocycles. The number of halogens is 1. The molecular weight excluding hydrogens is 1170 g/mol. The zero-order valence-corrected chi connectivity index (χ0v) is 48.7. The number of aryl methyl sites for hydroxylation is 1. The molecule has 74 heavy (non-hydrogen) atoms. The summed E-state index contributed by atoms with van der Waals surface area (Å²) in [5.74, 6) is 7.53. The third-order valence-corrected chi connectivity index (χ3v) is 19.4. The number of thiophene rings is 1. The molecule has 0 saturated carbocycles.